The number of benzene rings is 2. The van der Waals surface area contributed by atoms with Gasteiger partial charge in [0.25, 0.3) is 5.91 Å². The van der Waals surface area contributed by atoms with Crippen LogP contribution in [0.25, 0.3) is 0 Å². The van der Waals surface area contributed by atoms with E-state index in [2.05, 4.69) is 41.6 Å². The fourth-order valence-corrected chi connectivity index (χ4v) is 3.22. The number of aryl methyl sites for hydroxylation is 2. The molecule has 1 N–H and O–H groups in total. The summed E-state index contributed by atoms with van der Waals surface area (Å²) in [5.74, 6) is 1.13. The highest BCUT2D eigenvalue weighted by atomic mass is 16.5. The van der Waals surface area contributed by atoms with E-state index in [1.807, 2.05) is 38.2 Å². The average Bonchev–Trinajstić information content (AvgIpc) is 3.46. The lowest BCUT2D eigenvalue weighted by Gasteiger charge is -2.14. The van der Waals surface area contributed by atoms with E-state index in [1.54, 1.807) is 4.68 Å². The van der Waals surface area contributed by atoms with E-state index in [0.717, 1.165) is 41.1 Å². The fourth-order valence-electron chi connectivity index (χ4n) is 3.22. The molecular weight excluding hydrogens is 350 g/mol. The Kier molecular flexibility index (Phi) is 4.90. The topological polar surface area (TPSA) is 56.1 Å². The van der Waals surface area contributed by atoms with Crippen molar-refractivity contribution in [1.29, 1.82) is 0 Å². The van der Waals surface area contributed by atoms with Crippen LogP contribution in [-0.4, -0.2) is 15.7 Å². The van der Waals surface area contributed by atoms with E-state index in [9.17, 15) is 4.79 Å². The minimum Gasteiger partial charge on any atom is -0.489 e. The van der Waals surface area contributed by atoms with Gasteiger partial charge in [0.2, 0.25) is 0 Å². The molecule has 0 bridgehead atoms. The van der Waals surface area contributed by atoms with Crippen LogP contribution >= 0.6 is 0 Å². The summed E-state index contributed by atoms with van der Waals surface area (Å²) in [4.78, 5) is 12.8. The van der Waals surface area contributed by atoms with Crippen molar-refractivity contribution < 1.29 is 9.53 Å². The maximum Gasteiger partial charge on any atom is 0.273 e. The van der Waals surface area contributed by atoms with Gasteiger partial charge in [-0.2, -0.15) is 5.10 Å². The van der Waals surface area contributed by atoms with Crippen molar-refractivity contribution >= 4 is 11.6 Å². The number of hydrogen-bond acceptors (Lipinski definition) is 3. The van der Waals surface area contributed by atoms with Gasteiger partial charge in [-0.3, -0.25) is 9.48 Å². The van der Waals surface area contributed by atoms with Gasteiger partial charge >= 0.3 is 0 Å². The lowest BCUT2D eigenvalue weighted by atomic mass is 10.1. The Bertz CT molecular complexity index is 1000. The monoisotopic (exact) mass is 375 g/mol. The summed E-state index contributed by atoms with van der Waals surface area (Å²) in [6, 6.07) is 15.9. The van der Waals surface area contributed by atoms with E-state index in [-0.39, 0.29) is 5.91 Å². The minimum absolute atomic E-state index is 0.152. The van der Waals surface area contributed by atoms with Crippen molar-refractivity contribution in [2.45, 2.75) is 39.2 Å². The second-order valence-electron chi connectivity index (χ2n) is 7.51. The molecule has 4 rings (SSSR count). The summed E-state index contributed by atoms with van der Waals surface area (Å²) in [5, 5.41) is 7.48. The van der Waals surface area contributed by atoms with E-state index in [4.69, 9.17) is 4.74 Å². The molecule has 1 amide bonds. The molecule has 1 aliphatic carbocycles. The summed E-state index contributed by atoms with van der Waals surface area (Å²) in [7, 11) is 1.81. The third-order valence-corrected chi connectivity index (χ3v) is 5.17. The first-order chi connectivity index (χ1) is 13.5. The minimum atomic E-state index is -0.152. The third kappa shape index (κ3) is 3.93. The highest BCUT2D eigenvalue weighted by Gasteiger charge is 2.28. The van der Waals surface area contributed by atoms with Gasteiger partial charge in [-0.05, 0) is 50.5 Å². The number of carbonyl (C=O) groups excluding carboxylic acids is 1. The van der Waals surface area contributed by atoms with Crippen LogP contribution in [0.15, 0.2) is 48.5 Å². The van der Waals surface area contributed by atoms with Gasteiger partial charge in [-0.25, -0.2) is 0 Å². The van der Waals surface area contributed by atoms with E-state index in [1.165, 1.54) is 5.56 Å². The van der Waals surface area contributed by atoms with Crippen molar-refractivity contribution in [2.24, 2.45) is 7.05 Å². The number of nitrogens with one attached hydrogen (secondary N) is 1. The second-order valence-corrected chi connectivity index (χ2v) is 7.51. The Hall–Kier alpha value is -3.08. The zero-order valence-corrected chi connectivity index (χ0v) is 16.5. The molecule has 28 heavy (non-hydrogen) atoms. The Morgan fingerprint density at radius 3 is 2.64 bits per heavy atom. The number of carbonyl (C=O) groups is 1. The van der Waals surface area contributed by atoms with Crippen LogP contribution < -0.4 is 10.1 Å². The molecule has 2 aromatic carbocycles. The van der Waals surface area contributed by atoms with Crippen molar-refractivity contribution in [3.05, 3.63) is 76.6 Å². The molecule has 0 saturated heterocycles. The van der Waals surface area contributed by atoms with Gasteiger partial charge in [0.15, 0.2) is 0 Å². The first kappa shape index (κ1) is 18.3. The maximum absolute atomic E-state index is 12.8. The molecule has 1 fully saturated rings. The fraction of sp³-hybridized carbons (Fsp3) is 0.304. The van der Waals surface area contributed by atoms with Crippen LogP contribution in [-0.2, 0) is 13.7 Å². The molecule has 1 saturated carbocycles. The van der Waals surface area contributed by atoms with Gasteiger partial charge < -0.3 is 10.1 Å². The highest BCUT2D eigenvalue weighted by molar-refractivity contribution is 6.03. The molecule has 5 nitrogen and oxygen atoms in total. The van der Waals surface area contributed by atoms with Crippen molar-refractivity contribution in [3.8, 4) is 5.75 Å². The van der Waals surface area contributed by atoms with Crippen LogP contribution in [0.4, 0.5) is 5.69 Å². The zero-order chi connectivity index (χ0) is 19.7. The molecule has 1 aliphatic rings. The molecule has 0 spiro atoms. The van der Waals surface area contributed by atoms with Crippen LogP contribution in [0, 0.1) is 13.8 Å². The van der Waals surface area contributed by atoms with Crippen molar-refractivity contribution in [3.63, 3.8) is 0 Å². The van der Waals surface area contributed by atoms with Gasteiger partial charge in [0.1, 0.15) is 18.1 Å². The standard InChI is InChI=1S/C23H25N3O2/c1-15-7-9-17(10-8-15)14-28-22-6-4-5-19(16(22)2)24-23(27)21-13-20(18-11-12-18)25-26(21)3/h4-10,13,18H,11-12,14H2,1-3H3,(H,24,27). The number of amides is 1. The lowest BCUT2D eigenvalue weighted by Crippen LogP contribution is -2.16. The Morgan fingerprint density at radius 1 is 1.18 bits per heavy atom. The number of aromatic nitrogens is 2. The summed E-state index contributed by atoms with van der Waals surface area (Å²) in [5.41, 5.74) is 5.59. The largest absolute Gasteiger partial charge is 0.489 e. The quantitative estimate of drug-likeness (QED) is 0.677. The maximum atomic E-state index is 12.8. The number of ether oxygens (including phenoxy) is 1. The molecule has 0 unspecified atom stereocenters. The average molecular weight is 375 g/mol. The molecule has 0 aliphatic heterocycles. The van der Waals surface area contributed by atoms with Gasteiger partial charge in [-0.1, -0.05) is 35.9 Å². The molecule has 0 radical (unpaired) electrons. The highest BCUT2D eigenvalue weighted by Crippen LogP contribution is 2.39. The third-order valence-electron chi connectivity index (χ3n) is 5.17. The van der Waals surface area contributed by atoms with E-state index < -0.39 is 0 Å². The molecule has 0 atom stereocenters. The van der Waals surface area contributed by atoms with Crippen LogP contribution in [0.2, 0.25) is 0 Å². The van der Waals surface area contributed by atoms with E-state index >= 15 is 0 Å². The molecular formula is C23H25N3O2. The second kappa shape index (κ2) is 7.50. The van der Waals surface area contributed by atoms with Crippen LogP contribution in [0.3, 0.4) is 0 Å². The molecule has 3 aromatic rings. The van der Waals surface area contributed by atoms with Gasteiger partial charge in [0, 0.05) is 24.2 Å². The smallest absolute Gasteiger partial charge is 0.273 e. The molecule has 1 heterocycles. The van der Waals surface area contributed by atoms with Crippen LogP contribution in [0.1, 0.15) is 51.6 Å². The Labute approximate surface area is 165 Å². The van der Waals surface area contributed by atoms with Crippen molar-refractivity contribution in [2.75, 3.05) is 5.32 Å². The summed E-state index contributed by atoms with van der Waals surface area (Å²) < 4.78 is 7.65. The lowest BCUT2D eigenvalue weighted by molar-refractivity contribution is 0.101. The Morgan fingerprint density at radius 2 is 1.93 bits per heavy atom. The van der Waals surface area contributed by atoms with Gasteiger partial charge in [0.05, 0.1) is 5.69 Å². The summed E-state index contributed by atoms with van der Waals surface area (Å²) >= 11 is 0. The first-order valence-corrected chi connectivity index (χ1v) is 9.64. The van der Waals surface area contributed by atoms with Crippen molar-refractivity contribution in [1.82, 2.24) is 9.78 Å². The number of rotatable bonds is 6. The first-order valence-electron chi connectivity index (χ1n) is 9.64. The van der Waals surface area contributed by atoms with Crippen LogP contribution in [0.5, 0.6) is 5.75 Å². The predicted octanol–water partition coefficient (Wildman–Crippen LogP) is 4.75. The SMILES string of the molecule is Cc1ccc(COc2cccc(NC(=O)c3cc(C4CC4)nn3C)c2C)cc1. The number of nitrogens with zero attached hydrogens (tertiary/aromatic N) is 2. The Balaban J connectivity index is 1.46. The summed E-state index contributed by atoms with van der Waals surface area (Å²) in [6.07, 6.45) is 2.33. The molecule has 5 heteroatoms. The number of hydrogen-bond donors (Lipinski definition) is 1. The molecule has 1 aromatic heterocycles. The van der Waals surface area contributed by atoms with E-state index in [0.29, 0.717) is 18.2 Å². The summed E-state index contributed by atoms with van der Waals surface area (Å²) in [6.45, 7) is 4.51. The zero-order valence-electron chi connectivity index (χ0n) is 16.5. The number of anilines is 1. The van der Waals surface area contributed by atoms with Gasteiger partial charge in [-0.15, -0.1) is 0 Å². The normalized spacial score (nSPS) is 13.4. The molecule has 144 valence electrons. The predicted molar refractivity (Wildman–Crippen MR) is 110 cm³/mol.